The van der Waals surface area contributed by atoms with E-state index in [1.165, 1.54) is 6.92 Å². The Kier molecular flexibility index (Phi) is 6.69. The van der Waals surface area contributed by atoms with Crippen LogP contribution in [-0.4, -0.2) is 55.6 Å². The van der Waals surface area contributed by atoms with E-state index in [1.54, 1.807) is 4.72 Å². The molecular weight excluding hydrogens is 254 g/mol. The van der Waals surface area contributed by atoms with Crippen molar-refractivity contribution in [2.75, 3.05) is 19.0 Å². The molecule has 0 amide bonds. The summed E-state index contributed by atoms with van der Waals surface area (Å²) in [5.74, 6) is -3.34. The number of aliphatic carboxylic acids is 1. The van der Waals surface area contributed by atoms with Gasteiger partial charge in [0, 0.05) is 6.61 Å². The van der Waals surface area contributed by atoms with Gasteiger partial charge in [-0.25, -0.2) is 13.1 Å². The van der Waals surface area contributed by atoms with Crippen molar-refractivity contribution < 1.29 is 33.0 Å². The zero-order valence-electron chi connectivity index (χ0n) is 9.25. The fraction of sp³-hybridized carbons (Fsp3) is 0.750. The maximum atomic E-state index is 11.3. The summed E-state index contributed by atoms with van der Waals surface area (Å²) >= 11 is 0. The molecule has 17 heavy (non-hydrogen) atoms. The van der Waals surface area contributed by atoms with E-state index in [-0.39, 0.29) is 13.0 Å². The Morgan fingerprint density at radius 2 is 2.00 bits per heavy atom. The summed E-state index contributed by atoms with van der Waals surface area (Å²) in [7, 11) is -4.09. The van der Waals surface area contributed by atoms with Gasteiger partial charge in [0.1, 0.15) is 6.04 Å². The van der Waals surface area contributed by atoms with E-state index in [0.29, 0.717) is 0 Å². The zero-order chi connectivity index (χ0) is 13.5. The normalized spacial score (nSPS) is 13.1. The van der Waals surface area contributed by atoms with Crippen molar-refractivity contribution in [3.63, 3.8) is 0 Å². The van der Waals surface area contributed by atoms with Crippen LogP contribution in [0, 0.1) is 0 Å². The molecule has 0 aliphatic carbocycles. The number of hydrogen-bond donors (Lipinski definition) is 3. The molecule has 0 rings (SSSR count). The number of aliphatic hydroxyl groups is 1. The van der Waals surface area contributed by atoms with Gasteiger partial charge in [0.25, 0.3) is 0 Å². The molecule has 1 atom stereocenters. The Morgan fingerprint density at radius 3 is 2.41 bits per heavy atom. The van der Waals surface area contributed by atoms with Crippen LogP contribution < -0.4 is 4.72 Å². The predicted octanol–water partition coefficient (Wildman–Crippen LogP) is -1.70. The van der Waals surface area contributed by atoms with Gasteiger partial charge in [-0.15, -0.1) is 0 Å². The molecule has 9 heteroatoms. The van der Waals surface area contributed by atoms with Gasteiger partial charge in [-0.2, -0.15) is 0 Å². The second kappa shape index (κ2) is 7.20. The molecule has 0 unspecified atom stereocenters. The van der Waals surface area contributed by atoms with Crippen molar-refractivity contribution in [1.29, 1.82) is 0 Å². The van der Waals surface area contributed by atoms with Crippen LogP contribution in [0.2, 0.25) is 0 Å². The first kappa shape index (κ1) is 15.8. The fourth-order valence-electron chi connectivity index (χ4n) is 0.978. The molecule has 0 aromatic carbocycles. The minimum Gasteiger partial charge on any atom is -0.480 e. The van der Waals surface area contributed by atoms with E-state index in [1.807, 2.05) is 0 Å². The van der Waals surface area contributed by atoms with E-state index in [9.17, 15) is 18.0 Å². The topological polar surface area (TPSA) is 130 Å². The molecule has 0 fully saturated rings. The zero-order valence-corrected chi connectivity index (χ0v) is 10.1. The highest BCUT2D eigenvalue weighted by molar-refractivity contribution is 7.90. The van der Waals surface area contributed by atoms with Gasteiger partial charge in [-0.3, -0.25) is 9.59 Å². The number of carbonyl (C=O) groups excluding carboxylic acids is 1. The van der Waals surface area contributed by atoms with E-state index in [0.717, 1.165) is 0 Å². The Morgan fingerprint density at radius 1 is 1.41 bits per heavy atom. The Bertz CT molecular complexity index is 364. The average Bonchev–Trinajstić information content (AvgIpc) is 2.15. The molecule has 0 bridgehead atoms. The number of rotatable bonds is 8. The first-order valence-corrected chi connectivity index (χ1v) is 6.47. The van der Waals surface area contributed by atoms with Crippen LogP contribution in [0.5, 0.6) is 0 Å². The van der Waals surface area contributed by atoms with Crippen molar-refractivity contribution in [3.05, 3.63) is 0 Å². The Balaban J connectivity index is 4.50. The maximum absolute atomic E-state index is 11.3. The van der Waals surface area contributed by atoms with Crippen molar-refractivity contribution in [2.24, 2.45) is 0 Å². The number of carbonyl (C=O) groups is 2. The summed E-state index contributed by atoms with van der Waals surface area (Å²) in [6, 6.07) is -1.46. The van der Waals surface area contributed by atoms with Gasteiger partial charge in [0.2, 0.25) is 10.0 Å². The second-order valence-electron chi connectivity index (χ2n) is 3.09. The molecule has 0 aliphatic rings. The highest BCUT2D eigenvalue weighted by Crippen LogP contribution is 1.97. The summed E-state index contributed by atoms with van der Waals surface area (Å²) < 4.78 is 28.9. The summed E-state index contributed by atoms with van der Waals surface area (Å²) in [6.45, 7) is 1.07. The van der Waals surface area contributed by atoms with Crippen molar-refractivity contribution in [1.82, 2.24) is 4.72 Å². The first-order valence-electron chi connectivity index (χ1n) is 4.81. The highest BCUT2D eigenvalue weighted by Gasteiger charge is 2.25. The SMILES string of the molecule is CCOC(=O)CS(=O)(=O)N[C@@H](CCO)C(=O)O. The third kappa shape index (κ3) is 6.87. The Hall–Kier alpha value is -1.19. The predicted molar refractivity (Wildman–Crippen MR) is 56.7 cm³/mol. The number of aliphatic hydroxyl groups excluding tert-OH is 1. The summed E-state index contributed by atoms with van der Waals surface area (Å²) in [5.41, 5.74) is 0. The molecule has 0 heterocycles. The quantitative estimate of drug-likeness (QED) is 0.448. The summed E-state index contributed by atoms with van der Waals surface area (Å²) in [5, 5.41) is 17.2. The fourth-order valence-corrected chi connectivity index (χ4v) is 2.11. The standard InChI is InChI=1S/C8H15NO7S/c1-2-16-7(11)5-17(14,15)9-6(3-4-10)8(12)13/h6,9-10H,2-5H2,1H3,(H,12,13)/t6-/m0/s1. The van der Waals surface area contributed by atoms with Gasteiger partial charge in [0.15, 0.2) is 5.75 Å². The van der Waals surface area contributed by atoms with Crippen LogP contribution in [0.4, 0.5) is 0 Å². The van der Waals surface area contributed by atoms with Crippen LogP contribution in [0.25, 0.3) is 0 Å². The molecule has 0 aliphatic heterocycles. The molecule has 8 nitrogen and oxygen atoms in total. The molecule has 100 valence electrons. The van der Waals surface area contributed by atoms with Gasteiger partial charge >= 0.3 is 11.9 Å². The van der Waals surface area contributed by atoms with Gasteiger partial charge in [-0.1, -0.05) is 0 Å². The van der Waals surface area contributed by atoms with Crippen molar-refractivity contribution in [2.45, 2.75) is 19.4 Å². The molecule has 0 saturated heterocycles. The van der Waals surface area contributed by atoms with Crippen molar-refractivity contribution in [3.8, 4) is 0 Å². The van der Waals surface area contributed by atoms with E-state index in [4.69, 9.17) is 10.2 Å². The van der Waals surface area contributed by atoms with Crippen LogP contribution in [0.1, 0.15) is 13.3 Å². The first-order chi connectivity index (χ1) is 7.82. The lowest BCUT2D eigenvalue weighted by Gasteiger charge is -2.12. The lowest BCUT2D eigenvalue weighted by molar-refractivity contribution is -0.141. The average molecular weight is 269 g/mol. The largest absolute Gasteiger partial charge is 0.480 e. The maximum Gasteiger partial charge on any atom is 0.322 e. The van der Waals surface area contributed by atoms with Gasteiger partial charge < -0.3 is 14.9 Å². The van der Waals surface area contributed by atoms with Crippen LogP contribution in [0.3, 0.4) is 0 Å². The highest BCUT2D eigenvalue weighted by atomic mass is 32.2. The number of esters is 1. The lowest BCUT2D eigenvalue weighted by Crippen LogP contribution is -2.43. The van der Waals surface area contributed by atoms with Crippen LogP contribution in [0.15, 0.2) is 0 Å². The second-order valence-corrected chi connectivity index (χ2v) is 4.84. The number of sulfonamides is 1. The number of nitrogens with one attached hydrogen (secondary N) is 1. The third-order valence-electron chi connectivity index (χ3n) is 1.65. The molecular formula is C8H15NO7S. The van der Waals surface area contributed by atoms with E-state index in [2.05, 4.69) is 4.74 Å². The molecule has 0 aromatic rings. The molecule has 0 saturated carbocycles. The summed E-state index contributed by atoms with van der Waals surface area (Å²) in [6.07, 6.45) is -0.280. The number of ether oxygens (including phenoxy) is 1. The minimum atomic E-state index is -4.09. The molecule has 0 aromatic heterocycles. The molecule has 0 spiro atoms. The van der Waals surface area contributed by atoms with Gasteiger partial charge in [0.05, 0.1) is 6.61 Å². The number of carboxylic acid groups (broad SMARTS) is 1. The summed E-state index contributed by atoms with van der Waals surface area (Å²) in [4.78, 5) is 21.6. The van der Waals surface area contributed by atoms with E-state index < -0.39 is 40.4 Å². The third-order valence-corrected chi connectivity index (χ3v) is 2.91. The van der Waals surface area contributed by atoms with Gasteiger partial charge in [-0.05, 0) is 13.3 Å². The Labute approximate surface area is 98.6 Å². The lowest BCUT2D eigenvalue weighted by atomic mass is 10.2. The number of hydrogen-bond acceptors (Lipinski definition) is 6. The molecule has 0 radical (unpaired) electrons. The van der Waals surface area contributed by atoms with E-state index >= 15 is 0 Å². The number of carboxylic acids is 1. The van der Waals surface area contributed by atoms with Crippen molar-refractivity contribution >= 4 is 22.0 Å². The van der Waals surface area contributed by atoms with Crippen LogP contribution >= 0.6 is 0 Å². The monoisotopic (exact) mass is 269 g/mol. The smallest absolute Gasteiger partial charge is 0.322 e. The minimum absolute atomic E-state index is 0.0351. The van der Waals surface area contributed by atoms with Crippen LogP contribution in [-0.2, 0) is 24.3 Å². The molecule has 3 N–H and O–H groups in total.